The van der Waals surface area contributed by atoms with Gasteiger partial charge < -0.3 is 9.47 Å². The number of hydrogen-bond acceptors (Lipinski definition) is 4. The fraction of sp³-hybridized carbons (Fsp3) is 0.125. The van der Waals surface area contributed by atoms with Crippen LogP contribution in [0.1, 0.15) is 11.1 Å². The van der Waals surface area contributed by atoms with Gasteiger partial charge in [-0.3, -0.25) is 0 Å². The fourth-order valence-corrected chi connectivity index (χ4v) is 2.01. The second-order valence-corrected chi connectivity index (χ2v) is 5.29. The third kappa shape index (κ3) is 5.47. The number of ether oxygens (including phenoxy) is 2. The molecule has 7 heteroatoms. The molecule has 0 aromatic heterocycles. The van der Waals surface area contributed by atoms with Crippen molar-refractivity contribution in [2.24, 2.45) is 5.10 Å². The quantitative estimate of drug-likeness (QED) is 0.645. The molecule has 120 valence electrons. The van der Waals surface area contributed by atoms with Crippen LogP contribution in [0, 0.1) is 0 Å². The summed E-state index contributed by atoms with van der Waals surface area (Å²) in [6.45, 7) is 0.359. The van der Waals surface area contributed by atoms with Gasteiger partial charge >= 0.3 is 6.09 Å². The number of methoxy groups -OCH3 is 1. The van der Waals surface area contributed by atoms with Crippen molar-refractivity contribution in [1.29, 1.82) is 0 Å². The Morgan fingerprint density at radius 3 is 2.78 bits per heavy atom. The molecule has 0 aliphatic rings. The number of rotatable bonds is 5. The van der Waals surface area contributed by atoms with E-state index in [-0.39, 0.29) is 0 Å². The van der Waals surface area contributed by atoms with Crippen molar-refractivity contribution >= 4 is 35.5 Å². The number of nitrogens with zero attached hydrogens (tertiary/aromatic N) is 1. The zero-order valence-electron chi connectivity index (χ0n) is 12.3. The molecule has 0 radical (unpaired) electrons. The number of hydrogen-bond donors (Lipinski definition) is 1. The van der Waals surface area contributed by atoms with Crippen LogP contribution in [0.5, 0.6) is 5.75 Å². The van der Waals surface area contributed by atoms with E-state index in [1.165, 1.54) is 13.3 Å². The third-order valence-corrected chi connectivity index (χ3v) is 3.54. The van der Waals surface area contributed by atoms with Gasteiger partial charge in [0.15, 0.2) is 0 Å². The van der Waals surface area contributed by atoms with E-state index >= 15 is 0 Å². The van der Waals surface area contributed by atoms with Gasteiger partial charge in [-0.2, -0.15) is 5.10 Å². The van der Waals surface area contributed by atoms with Crippen LogP contribution in [0.15, 0.2) is 47.6 Å². The summed E-state index contributed by atoms with van der Waals surface area (Å²) in [6.07, 6.45) is 0.858. The molecule has 5 nitrogen and oxygen atoms in total. The summed E-state index contributed by atoms with van der Waals surface area (Å²) in [4.78, 5) is 10.9. The van der Waals surface area contributed by atoms with Crippen molar-refractivity contribution in [1.82, 2.24) is 5.43 Å². The van der Waals surface area contributed by atoms with E-state index in [0.717, 1.165) is 11.1 Å². The summed E-state index contributed by atoms with van der Waals surface area (Å²) in [5, 5.41) is 4.75. The highest BCUT2D eigenvalue weighted by Gasteiger charge is 2.01. The molecule has 0 aliphatic carbocycles. The maximum Gasteiger partial charge on any atom is 0.427 e. The van der Waals surface area contributed by atoms with Crippen LogP contribution < -0.4 is 10.2 Å². The van der Waals surface area contributed by atoms with Crippen LogP contribution in [0.3, 0.4) is 0 Å². The minimum absolute atomic E-state index is 0.359. The summed E-state index contributed by atoms with van der Waals surface area (Å²) in [7, 11) is 1.27. The van der Waals surface area contributed by atoms with Gasteiger partial charge in [-0.1, -0.05) is 41.4 Å². The topological polar surface area (TPSA) is 59.9 Å². The highest BCUT2D eigenvalue weighted by molar-refractivity contribution is 6.42. The van der Waals surface area contributed by atoms with Gasteiger partial charge in [0.25, 0.3) is 0 Å². The minimum Gasteiger partial charge on any atom is -0.489 e. The monoisotopic (exact) mass is 352 g/mol. The summed E-state index contributed by atoms with van der Waals surface area (Å²) in [6, 6.07) is 12.6. The number of nitrogens with one attached hydrogen (secondary N) is 1. The molecule has 0 unspecified atom stereocenters. The van der Waals surface area contributed by atoms with E-state index < -0.39 is 6.09 Å². The zero-order chi connectivity index (χ0) is 16.7. The lowest BCUT2D eigenvalue weighted by atomic mass is 10.2. The Balaban J connectivity index is 1.96. The first-order valence-electron chi connectivity index (χ1n) is 6.62. The summed E-state index contributed by atoms with van der Waals surface area (Å²) < 4.78 is 10.1. The number of benzene rings is 2. The lowest BCUT2D eigenvalue weighted by molar-refractivity contribution is 0.171. The van der Waals surface area contributed by atoms with Gasteiger partial charge in [0, 0.05) is 0 Å². The van der Waals surface area contributed by atoms with Crippen LogP contribution in [0.2, 0.25) is 10.0 Å². The molecule has 1 N–H and O–H groups in total. The maximum atomic E-state index is 10.9. The first-order chi connectivity index (χ1) is 11.1. The van der Waals surface area contributed by atoms with Crippen LogP contribution in [0.25, 0.3) is 0 Å². The van der Waals surface area contributed by atoms with Crippen LogP contribution in [-0.2, 0) is 11.3 Å². The van der Waals surface area contributed by atoms with Crippen LogP contribution >= 0.6 is 23.2 Å². The Morgan fingerprint density at radius 1 is 1.22 bits per heavy atom. The lowest BCUT2D eigenvalue weighted by Gasteiger charge is -2.07. The molecular weight excluding hydrogens is 339 g/mol. The molecule has 0 bridgehead atoms. The Bertz CT molecular complexity index is 720. The second-order valence-electron chi connectivity index (χ2n) is 4.47. The minimum atomic E-state index is -0.631. The van der Waals surface area contributed by atoms with Crippen molar-refractivity contribution in [3.05, 3.63) is 63.6 Å². The molecule has 0 fully saturated rings. The second kappa shape index (κ2) is 8.41. The Labute approximate surface area is 143 Å². The van der Waals surface area contributed by atoms with Gasteiger partial charge in [-0.25, -0.2) is 10.2 Å². The van der Waals surface area contributed by atoms with E-state index in [2.05, 4.69) is 15.3 Å². The molecule has 2 rings (SSSR count). The van der Waals surface area contributed by atoms with Gasteiger partial charge in [-0.15, -0.1) is 0 Å². The van der Waals surface area contributed by atoms with E-state index in [0.29, 0.717) is 22.4 Å². The predicted octanol–water partition coefficient (Wildman–Crippen LogP) is 4.26. The van der Waals surface area contributed by atoms with E-state index in [9.17, 15) is 4.79 Å². The molecule has 23 heavy (non-hydrogen) atoms. The predicted molar refractivity (Wildman–Crippen MR) is 90.4 cm³/mol. The van der Waals surface area contributed by atoms with Gasteiger partial charge in [0.2, 0.25) is 0 Å². The third-order valence-electron chi connectivity index (χ3n) is 2.80. The molecule has 0 aliphatic heterocycles. The first kappa shape index (κ1) is 17.1. The van der Waals surface area contributed by atoms with E-state index in [4.69, 9.17) is 27.9 Å². The molecular formula is C16H14Cl2N2O3. The number of carbonyl (C=O) groups is 1. The Hall–Kier alpha value is -2.24. The maximum absolute atomic E-state index is 10.9. The lowest BCUT2D eigenvalue weighted by Crippen LogP contribution is -2.16. The smallest absolute Gasteiger partial charge is 0.427 e. The molecule has 0 spiro atoms. The summed E-state index contributed by atoms with van der Waals surface area (Å²) in [5.41, 5.74) is 3.89. The van der Waals surface area contributed by atoms with Crippen molar-refractivity contribution < 1.29 is 14.3 Å². The summed E-state index contributed by atoms with van der Waals surface area (Å²) in [5.74, 6) is 0.665. The first-order valence-corrected chi connectivity index (χ1v) is 7.38. The van der Waals surface area contributed by atoms with Gasteiger partial charge in [0.1, 0.15) is 12.4 Å². The highest BCUT2D eigenvalue weighted by Crippen LogP contribution is 2.23. The van der Waals surface area contributed by atoms with Crippen molar-refractivity contribution in [3.63, 3.8) is 0 Å². The fourth-order valence-electron chi connectivity index (χ4n) is 1.69. The van der Waals surface area contributed by atoms with E-state index in [1.54, 1.807) is 18.2 Å². The average Bonchev–Trinajstić information content (AvgIpc) is 2.56. The molecule has 2 aromatic carbocycles. The number of amides is 1. The molecule has 0 heterocycles. The molecule has 2 aromatic rings. The van der Waals surface area contributed by atoms with Crippen molar-refractivity contribution in [2.45, 2.75) is 6.61 Å². The number of hydrazone groups is 1. The van der Waals surface area contributed by atoms with E-state index in [1.807, 2.05) is 24.3 Å². The van der Waals surface area contributed by atoms with Crippen LogP contribution in [-0.4, -0.2) is 19.4 Å². The Morgan fingerprint density at radius 2 is 2.04 bits per heavy atom. The van der Waals surface area contributed by atoms with Crippen LogP contribution in [0.4, 0.5) is 4.79 Å². The normalized spacial score (nSPS) is 10.6. The standard InChI is InChI=1S/C16H14Cl2N2O3/c1-22-16(21)20-19-9-11-3-2-4-13(7-11)23-10-12-5-6-14(17)15(18)8-12/h2-9H,10H2,1H3,(H,20,21). The SMILES string of the molecule is COC(=O)NN=Cc1cccc(OCc2ccc(Cl)c(Cl)c2)c1. The van der Waals surface area contributed by atoms with Crippen molar-refractivity contribution in [3.8, 4) is 5.75 Å². The average molecular weight is 353 g/mol. The Kier molecular flexibility index (Phi) is 6.26. The number of halogens is 2. The molecule has 1 amide bonds. The van der Waals surface area contributed by atoms with Gasteiger partial charge in [0.05, 0.1) is 23.4 Å². The molecule has 0 saturated heterocycles. The zero-order valence-corrected chi connectivity index (χ0v) is 13.8. The number of carbonyl (C=O) groups excluding carboxylic acids is 1. The molecule has 0 atom stereocenters. The van der Waals surface area contributed by atoms with Crippen molar-refractivity contribution in [2.75, 3.05) is 7.11 Å². The largest absolute Gasteiger partial charge is 0.489 e. The molecule has 0 saturated carbocycles. The van der Waals surface area contributed by atoms with Gasteiger partial charge in [-0.05, 0) is 35.4 Å². The highest BCUT2D eigenvalue weighted by atomic mass is 35.5. The summed E-state index contributed by atoms with van der Waals surface area (Å²) >= 11 is 11.8.